The highest BCUT2D eigenvalue weighted by Gasteiger charge is 2.41. The lowest BCUT2D eigenvalue weighted by atomic mass is 9.93. The number of carbonyl (C=O) groups is 1. The zero-order valence-electron chi connectivity index (χ0n) is 21.7. The van der Waals surface area contributed by atoms with Gasteiger partial charge in [-0.25, -0.2) is 8.78 Å². The quantitative estimate of drug-likeness (QED) is 0.314. The van der Waals surface area contributed by atoms with Gasteiger partial charge in [0.2, 0.25) is 0 Å². The van der Waals surface area contributed by atoms with E-state index < -0.39 is 40.9 Å². The van der Waals surface area contributed by atoms with Crippen LogP contribution >= 0.6 is 11.6 Å². The van der Waals surface area contributed by atoms with E-state index in [0.29, 0.717) is 46.0 Å². The van der Waals surface area contributed by atoms with Crippen molar-refractivity contribution in [2.75, 3.05) is 22.2 Å². The molecule has 40 heavy (non-hydrogen) atoms. The van der Waals surface area contributed by atoms with Crippen LogP contribution in [0.2, 0.25) is 5.02 Å². The Hall–Kier alpha value is -4.05. The van der Waals surface area contributed by atoms with Crippen molar-refractivity contribution in [2.45, 2.75) is 32.1 Å². The van der Waals surface area contributed by atoms with E-state index in [1.165, 1.54) is 18.2 Å². The summed E-state index contributed by atoms with van der Waals surface area (Å²) in [5.41, 5.74) is 1.69. The van der Waals surface area contributed by atoms with Crippen LogP contribution < -0.4 is 20.4 Å². The molecule has 5 rings (SSSR count). The number of hydrogen-bond donors (Lipinski definition) is 2. The van der Waals surface area contributed by atoms with Gasteiger partial charge in [-0.05, 0) is 56.3 Å². The van der Waals surface area contributed by atoms with Gasteiger partial charge in [0, 0.05) is 51.8 Å². The standard InChI is InChI=1S/C29H24ClF5N4O/c1-13(2)39-15(4)38(5)27-23(39)12-22(37-28(40)16-8-17(29(33,34)35)10-19(32)9-16)25-24(27)14(3)36-26(25)20-11-18(31)6-7-21(20)30/h6-13,26,36H,3-4H2,1-2,5H3,(H,37,40). The maximum absolute atomic E-state index is 14.3. The molecule has 11 heteroatoms. The Balaban J connectivity index is 1.72. The first-order chi connectivity index (χ1) is 18.7. The van der Waals surface area contributed by atoms with Crippen molar-refractivity contribution in [3.05, 3.63) is 106 Å². The Labute approximate surface area is 232 Å². The number of rotatable bonds is 4. The van der Waals surface area contributed by atoms with Gasteiger partial charge >= 0.3 is 6.18 Å². The minimum Gasteiger partial charge on any atom is -0.374 e. The Morgan fingerprint density at radius 1 is 1.07 bits per heavy atom. The van der Waals surface area contributed by atoms with E-state index in [2.05, 4.69) is 23.8 Å². The fourth-order valence-electron chi connectivity index (χ4n) is 5.28. The van der Waals surface area contributed by atoms with Gasteiger partial charge in [0.25, 0.3) is 5.91 Å². The van der Waals surface area contributed by atoms with Gasteiger partial charge < -0.3 is 20.4 Å². The Kier molecular flexibility index (Phi) is 6.57. The maximum atomic E-state index is 14.3. The van der Waals surface area contributed by atoms with Gasteiger partial charge in [-0.15, -0.1) is 0 Å². The number of nitrogens with one attached hydrogen (secondary N) is 2. The molecule has 0 spiro atoms. The summed E-state index contributed by atoms with van der Waals surface area (Å²) in [4.78, 5) is 17.1. The highest BCUT2D eigenvalue weighted by molar-refractivity contribution is 6.31. The molecule has 2 aliphatic rings. The predicted octanol–water partition coefficient (Wildman–Crippen LogP) is 7.69. The summed E-state index contributed by atoms with van der Waals surface area (Å²) in [6.45, 7) is 12.2. The van der Waals surface area contributed by atoms with Gasteiger partial charge in [-0.1, -0.05) is 24.8 Å². The summed E-state index contributed by atoms with van der Waals surface area (Å²) in [5, 5.41) is 6.14. The number of alkyl halides is 3. The number of nitrogens with zero attached hydrogens (tertiary/aromatic N) is 2. The average molecular weight is 575 g/mol. The molecule has 0 saturated carbocycles. The van der Waals surface area contributed by atoms with Crippen LogP contribution in [0, 0.1) is 11.6 Å². The molecule has 5 nitrogen and oxygen atoms in total. The molecule has 0 aromatic heterocycles. The van der Waals surface area contributed by atoms with Gasteiger partial charge in [-0.2, -0.15) is 13.2 Å². The second-order valence-electron chi connectivity index (χ2n) is 9.92. The first kappa shape index (κ1) is 27.5. The number of halogens is 6. The summed E-state index contributed by atoms with van der Waals surface area (Å²) >= 11 is 6.45. The van der Waals surface area contributed by atoms with Crippen LogP contribution in [0.1, 0.15) is 52.5 Å². The van der Waals surface area contributed by atoms with Gasteiger partial charge in [0.05, 0.1) is 23.0 Å². The first-order valence-electron chi connectivity index (χ1n) is 12.2. The zero-order valence-corrected chi connectivity index (χ0v) is 22.4. The van der Waals surface area contributed by atoms with Crippen LogP contribution in [-0.4, -0.2) is 19.0 Å². The van der Waals surface area contributed by atoms with Gasteiger partial charge in [0.15, 0.2) is 0 Å². The van der Waals surface area contributed by atoms with Crippen molar-refractivity contribution in [2.24, 2.45) is 0 Å². The fourth-order valence-corrected chi connectivity index (χ4v) is 5.50. The molecule has 0 aliphatic carbocycles. The fraction of sp³-hybridized carbons (Fsp3) is 0.207. The van der Waals surface area contributed by atoms with Crippen LogP contribution in [-0.2, 0) is 6.18 Å². The summed E-state index contributed by atoms with van der Waals surface area (Å²) < 4.78 is 68.4. The Morgan fingerprint density at radius 3 is 2.42 bits per heavy atom. The Bertz CT molecular complexity index is 1600. The van der Waals surface area contributed by atoms with E-state index in [0.717, 1.165) is 11.8 Å². The number of fused-ring (bicyclic) bond motifs is 3. The van der Waals surface area contributed by atoms with Crippen molar-refractivity contribution in [1.29, 1.82) is 0 Å². The smallest absolute Gasteiger partial charge is 0.374 e. The molecule has 0 saturated heterocycles. The number of benzene rings is 3. The second-order valence-corrected chi connectivity index (χ2v) is 10.3. The monoisotopic (exact) mass is 574 g/mol. The first-order valence-corrected chi connectivity index (χ1v) is 12.6. The summed E-state index contributed by atoms with van der Waals surface area (Å²) in [5.74, 6) is -2.06. The van der Waals surface area contributed by atoms with E-state index in [1.54, 1.807) is 6.07 Å². The maximum Gasteiger partial charge on any atom is 0.416 e. The molecule has 0 bridgehead atoms. The van der Waals surface area contributed by atoms with Gasteiger partial charge in [-0.3, -0.25) is 4.79 Å². The van der Waals surface area contributed by atoms with Crippen LogP contribution in [0.4, 0.5) is 39.0 Å². The zero-order chi connectivity index (χ0) is 29.3. The van der Waals surface area contributed by atoms with E-state index in [9.17, 15) is 26.7 Å². The lowest BCUT2D eigenvalue weighted by Crippen LogP contribution is -2.30. The number of anilines is 3. The second kappa shape index (κ2) is 9.55. The van der Waals surface area contributed by atoms with Crippen molar-refractivity contribution in [3.8, 4) is 0 Å². The largest absolute Gasteiger partial charge is 0.416 e. The molecule has 3 aromatic carbocycles. The molecule has 0 radical (unpaired) electrons. The molecule has 1 unspecified atom stereocenters. The summed E-state index contributed by atoms with van der Waals surface area (Å²) in [7, 11) is 1.82. The molecule has 2 N–H and O–H groups in total. The normalized spacial score (nSPS) is 16.4. The number of carbonyl (C=O) groups excluding carboxylic acids is 1. The van der Waals surface area contributed by atoms with E-state index in [1.807, 2.05) is 30.7 Å². The van der Waals surface area contributed by atoms with E-state index >= 15 is 0 Å². The van der Waals surface area contributed by atoms with Crippen LogP contribution in [0.3, 0.4) is 0 Å². The average Bonchev–Trinajstić information content (AvgIpc) is 3.33. The van der Waals surface area contributed by atoms with E-state index in [4.69, 9.17) is 11.6 Å². The van der Waals surface area contributed by atoms with Gasteiger partial charge in [0.1, 0.15) is 17.5 Å². The molecule has 0 fully saturated rings. The van der Waals surface area contributed by atoms with Crippen LogP contribution in [0.15, 0.2) is 61.4 Å². The lowest BCUT2D eigenvalue weighted by Gasteiger charge is -2.26. The molecule has 3 aromatic rings. The predicted molar refractivity (Wildman–Crippen MR) is 146 cm³/mol. The Morgan fingerprint density at radius 2 is 1.77 bits per heavy atom. The third-order valence-corrected chi connectivity index (χ3v) is 7.35. The SMILES string of the molecule is C=C1NC(c2cc(F)ccc2Cl)c2c(NC(=O)c3cc(F)cc(C(F)(F)F)c3)cc3c(c21)N(C)C(=C)N3C(C)C. The minimum atomic E-state index is -4.85. The lowest BCUT2D eigenvalue weighted by molar-refractivity contribution is -0.137. The molecular formula is C29H24ClF5N4O. The molecule has 2 heterocycles. The third-order valence-electron chi connectivity index (χ3n) is 7.01. The highest BCUT2D eigenvalue weighted by Crippen LogP contribution is 2.54. The number of hydrogen-bond acceptors (Lipinski definition) is 4. The molecule has 2 aliphatic heterocycles. The number of amides is 1. The molecule has 1 atom stereocenters. The van der Waals surface area contributed by atoms with Crippen LogP contribution in [0.25, 0.3) is 5.70 Å². The molecule has 1 amide bonds. The molecule has 208 valence electrons. The van der Waals surface area contributed by atoms with Crippen LogP contribution in [0.5, 0.6) is 0 Å². The summed E-state index contributed by atoms with van der Waals surface area (Å²) in [6.07, 6.45) is -4.85. The third kappa shape index (κ3) is 4.46. The highest BCUT2D eigenvalue weighted by atomic mass is 35.5. The minimum absolute atomic E-state index is 0.0496. The van der Waals surface area contributed by atoms with Crippen molar-refractivity contribution >= 4 is 40.3 Å². The molecular weight excluding hydrogens is 551 g/mol. The van der Waals surface area contributed by atoms with E-state index in [-0.39, 0.29) is 16.8 Å². The van der Waals surface area contributed by atoms with Crippen molar-refractivity contribution in [3.63, 3.8) is 0 Å². The van der Waals surface area contributed by atoms with Crippen molar-refractivity contribution in [1.82, 2.24) is 5.32 Å². The van der Waals surface area contributed by atoms with Crippen molar-refractivity contribution < 1.29 is 26.7 Å². The summed E-state index contributed by atoms with van der Waals surface area (Å²) in [6, 6.07) is 6.36. The topological polar surface area (TPSA) is 47.6 Å².